The number of amidine groups is 1. The largest absolute Gasteiger partial charge is 0.508 e. The van der Waals surface area contributed by atoms with Gasteiger partial charge in [-0.15, -0.1) is 0 Å². The first-order chi connectivity index (χ1) is 9.43. The fourth-order valence-corrected chi connectivity index (χ4v) is 1.73. The van der Waals surface area contributed by atoms with Crippen LogP contribution in [0.1, 0.15) is 11.1 Å². The summed E-state index contributed by atoms with van der Waals surface area (Å²) in [6, 6.07) is 6.62. The molecule has 7 heteroatoms. The molecule has 2 aromatic rings. The topological polar surface area (TPSA) is 133 Å². The molecular weight excluding hydrogens is 261 g/mol. The molecule has 6 N–H and O–H groups in total. The quantitative estimate of drug-likeness (QED) is 0.483. The molecule has 1 aromatic heterocycles. The van der Waals surface area contributed by atoms with Gasteiger partial charge in [0.05, 0.1) is 16.8 Å². The summed E-state index contributed by atoms with van der Waals surface area (Å²) < 4.78 is 13.8. The summed E-state index contributed by atoms with van der Waals surface area (Å²) in [6.07, 6.45) is 0. The van der Waals surface area contributed by atoms with Crippen LogP contribution in [0.2, 0.25) is 0 Å². The van der Waals surface area contributed by atoms with Crippen LogP contribution in [0.4, 0.5) is 10.2 Å². The molecule has 1 heterocycles. The number of aromatic nitrogens is 1. The summed E-state index contributed by atoms with van der Waals surface area (Å²) in [7, 11) is 0. The minimum Gasteiger partial charge on any atom is -0.508 e. The number of aromatic hydroxyl groups is 1. The van der Waals surface area contributed by atoms with Crippen LogP contribution in [-0.2, 0) is 0 Å². The highest BCUT2D eigenvalue weighted by atomic mass is 19.1. The first-order valence-corrected chi connectivity index (χ1v) is 5.48. The van der Waals surface area contributed by atoms with Crippen molar-refractivity contribution in [2.45, 2.75) is 0 Å². The molecular formula is C13H10FN5O. The van der Waals surface area contributed by atoms with Gasteiger partial charge in [0.25, 0.3) is 0 Å². The zero-order valence-corrected chi connectivity index (χ0v) is 10.2. The number of benzene rings is 1. The zero-order valence-electron chi connectivity index (χ0n) is 10.2. The third kappa shape index (κ3) is 2.22. The molecule has 20 heavy (non-hydrogen) atoms. The van der Waals surface area contributed by atoms with Crippen molar-refractivity contribution in [2.75, 3.05) is 5.73 Å². The molecule has 0 aliphatic heterocycles. The normalized spacial score (nSPS) is 10.0. The summed E-state index contributed by atoms with van der Waals surface area (Å²) in [4.78, 5) is 3.94. The van der Waals surface area contributed by atoms with E-state index in [1.165, 1.54) is 18.2 Å². The molecule has 100 valence electrons. The molecule has 0 amide bonds. The monoisotopic (exact) mass is 271 g/mol. The van der Waals surface area contributed by atoms with E-state index in [1.54, 1.807) is 0 Å². The minimum absolute atomic E-state index is 0.0288. The Morgan fingerprint density at radius 2 is 2.10 bits per heavy atom. The van der Waals surface area contributed by atoms with Gasteiger partial charge in [0.2, 0.25) is 0 Å². The molecule has 0 unspecified atom stereocenters. The van der Waals surface area contributed by atoms with Crippen molar-refractivity contribution < 1.29 is 9.50 Å². The third-order valence-electron chi connectivity index (χ3n) is 2.67. The van der Waals surface area contributed by atoms with E-state index in [-0.39, 0.29) is 39.8 Å². The molecule has 0 saturated carbocycles. The van der Waals surface area contributed by atoms with Crippen molar-refractivity contribution in [1.29, 1.82) is 10.7 Å². The van der Waals surface area contributed by atoms with Gasteiger partial charge < -0.3 is 16.6 Å². The van der Waals surface area contributed by atoms with Gasteiger partial charge in [-0.05, 0) is 18.2 Å². The molecule has 0 spiro atoms. The second-order valence-corrected chi connectivity index (χ2v) is 4.01. The van der Waals surface area contributed by atoms with E-state index >= 15 is 0 Å². The fourth-order valence-electron chi connectivity index (χ4n) is 1.73. The Hall–Kier alpha value is -3.14. The van der Waals surface area contributed by atoms with Gasteiger partial charge in [-0.25, -0.2) is 9.37 Å². The number of nitrogens with two attached hydrogens (primary N) is 2. The molecule has 6 nitrogen and oxygen atoms in total. The lowest BCUT2D eigenvalue weighted by atomic mass is 10.0. The molecule has 0 fully saturated rings. The second kappa shape index (κ2) is 4.85. The number of hydrogen-bond donors (Lipinski definition) is 4. The van der Waals surface area contributed by atoms with Crippen molar-refractivity contribution in [1.82, 2.24) is 4.98 Å². The van der Waals surface area contributed by atoms with Crippen molar-refractivity contribution in [2.24, 2.45) is 5.73 Å². The Balaban J connectivity index is 2.72. The van der Waals surface area contributed by atoms with Crippen LogP contribution in [-0.4, -0.2) is 15.9 Å². The highest BCUT2D eigenvalue weighted by Crippen LogP contribution is 2.28. The molecule has 0 bridgehead atoms. The van der Waals surface area contributed by atoms with E-state index in [9.17, 15) is 9.50 Å². The van der Waals surface area contributed by atoms with Crippen LogP contribution in [0.15, 0.2) is 24.3 Å². The number of phenolic OH excluding ortho intramolecular Hbond substituents is 1. The Kier molecular flexibility index (Phi) is 3.23. The van der Waals surface area contributed by atoms with Gasteiger partial charge in [0.1, 0.15) is 29.3 Å². The molecule has 0 aliphatic carbocycles. The lowest BCUT2D eigenvalue weighted by Crippen LogP contribution is -2.15. The Morgan fingerprint density at radius 3 is 2.65 bits per heavy atom. The number of nitrogens with zero attached hydrogens (tertiary/aromatic N) is 2. The van der Waals surface area contributed by atoms with Gasteiger partial charge in [-0.2, -0.15) is 5.26 Å². The number of phenols is 1. The summed E-state index contributed by atoms with van der Waals surface area (Å²) in [6.45, 7) is 0. The lowest BCUT2D eigenvalue weighted by Gasteiger charge is -2.09. The highest BCUT2D eigenvalue weighted by Gasteiger charge is 2.16. The number of rotatable bonds is 2. The molecule has 2 rings (SSSR count). The minimum atomic E-state index is -0.732. The van der Waals surface area contributed by atoms with Crippen LogP contribution in [0.25, 0.3) is 11.3 Å². The number of anilines is 1. The van der Waals surface area contributed by atoms with E-state index in [2.05, 4.69) is 4.98 Å². The maximum Gasteiger partial charge on any atom is 0.136 e. The van der Waals surface area contributed by atoms with Crippen molar-refractivity contribution in [3.63, 3.8) is 0 Å². The number of nitrogens with one attached hydrogen (secondary N) is 1. The van der Waals surface area contributed by atoms with Gasteiger partial charge in [0.15, 0.2) is 0 Å². The maximum atomic E-state index is 13.8. The van der Waals surface area contributed by atoms with Crippen molar-refractivity contribution >= 4 is 11.7 Å². The van der Waals surface area contributed by atoms with E-state index in [4.69, 9.17) is 22.1 Å². The zero-order chi connectivity index (χ0) is 14.9. The van der Waals surface area contributed by atoms with Crippen LogP contribution >= 0.6 is 0 Å². The van der Waals surface area contributed by atoms with Crippen LogP contribution in [0.3, 0.4) is 0 Å². The fraction of sp³-hybridized carbons (Fsp3) is 0. The summed E-state index contributed by atoms with van der Waals surface area (Å²) in [5.41, 5.74) is 11.2. The van der Waals surface area contributed by atoms with Crippen LogP contribution in [0, 0.1) is 22.6 Å². The smallest absolute Gasteiger partial charge is 0.136 e. The van der Waals surface area contributed by atoms with E-state index in [1.807, 2.05) is 6.07 Å². The number of nitriles is 1. The van der Waals surface area contributed by atoms with Gasteiger partial charge in [-0.3, -0.25) is 5.41 Å². The van der Waals surface area contributed by atoms with Gasteiger partial charge in [0, 0.05) is 11.6 Å². The Morgan fingerprint density at radius 1 is 1.40 bits per heavy atom. The van der Waals surface area contributed by atoms with E-state index in [0.717, 1.165) is 6.07 Å². The average molecular weight is 271 g/mol. The number of hydrogen-bond acceptors (Lipinski definition) is 5. The number of halogens is 1. The molecule has 0 radical (unpaired) electrons. The Bertz CT molecular complexity index is 751. The second-order valence-electron chi connectivity index (χ2n) is 4.01. The highest BCUT2D eigenvalue weighted by molar-refractivity contribution is 6.00. The summed E-state index contributed by atoms with van der Waals surface area (Å²) >= 11 is 0. The standard InChI is InChI=1S/C13H10FN5O/c14-10-4-7(20)1-2-8(10)11-6(5-15)3-9(12(16)17)13(18)19-11/h1-4,20H,(H3,16,17)(H2,18,19). The van der Waals surface area contributed by atoms with E-state index < -0.39 is 5.82 Å². The maximum absolute atomic E-state index is 13.8. The van der Waals surface area contributed by atoms with E-state index in [0.29, 0.717) is 0 Å². The molecule has 0 aliphatic rings. The third-order valence-corrected chi connectivity index (χ3v) is 2.67. The number of pyridine rings is 1. The van der Waals surface area contributed by atoms with Crippen molar-refractivity contribution in [3.05, 3.63) is 41.2 Å². The average Bonchev–Trinajstić information content (AvgIpc) is 2.38. The number of nitrogen functional groups attached to an aromatic ring is 2. The van der Waals surface area contributed by atoms with Crippen LogP contribution in [0.5, 0.6) is 5.75 Å². The first kappa shape index (κ1) is 13.3. The molecule has 0 atom stereocenters. The first-order valence-electron chi connectivity index (χ1n) is 5.48. The van der Waals surface area contributed by atoms with Crippen LogP contribution < -0.4 is 11.5 Å². The molecule has 1 aromatic carbocycles. The summed E-state index contributed by atoms with van der Waals surface area (Å²) in [5, 5.41) is 25.6. The van der Waals surface area contributed by atoms with Crippen molar-refractivity contribution in [3.8, 4) is 23.1 Å². The Labute approximate surface area is 113 Å². The lowest BCUT2D eigenvalue weighted by molar-refractivity contribution is 0.469. The molecule has 0 saturated heterocycles. The predicted molar refractivity (Wildman–Crippen MR) is 71.4 cm³/mol. The van der Waals surface area contributed by atoms with Gasteiger partial charge in [-0.1, -0.05) is 0 Å². The predicted octanol–water partition coefficient (Wildman–Crippen LogP) is 1.33. The van der Waals surface area contributed by atoms with Gasteiger partial charge >= 0.3 is 0 Å². The summed E-state index contributed by atoms with van der Waals surface area (Å²) in [5.74, 6) is -1.37. The SMILES string of the molecule is N#Cc1cc(C(=N)N)c(N)nc1-c1ccc(O)cc1F.